The van der Waals surface area contributed by atoms with Crippen molar-refractivity contribution in [3.8, 4) is 0 Å². The molecule has 2 N–H and O–H groups in total. The monoisotopic (exact) mass is 265 g/mol. The molecule has 0 radical (unpaired) electrons. The van der Waals surface area contributed by atoms with E-state index >= 15 is 0 Å². The Bertz CT molecular complexity index is 361. The fraction of sp³-hybridized carbons (Fsp3) is 0.938. The fourth-order valence-electron chi connectivity index (χ4n) is 5.02. The summed E-state index contributed by atoms with van der Waals surface area (Å²) in [6.45, 7) is 6.42. The van der Waals surface area contributed by atoms with E-state index in [9.17, 15) is 9.90 Å². The van der Waals surface area contributed by atoms with Gasteiger partial charge in [0.2, 0.25) is 5.91 Å². The van der Waals surface area contributed by atoms with Crippen LogP contribution in [0.3, 0.4) is 0 Å². The Morgan fingerprint density at radius 2 is 1.89 bits per heavy atom. The molecule has 5 atom stereocenters. The van der Waals surface area contributed by atoms with E-state index in [4.69, 9.17) is 0 Å². The van der Waals surface area contributed by atoms with Crippen molar-refractivity contribution >= 4 is 5.91 Å². The fourth-order valence-corrected chi connectivity index (χ4v) is 5.02. The Balaban J connectivity index is 1.48. The number of rotatable bonds is 5. The summed E-state index contributed by atoms with van der Waals surface area (Å²) in [6.07, 6.45) is 4.81. The molecule has 3 aliphatic carbocycles. The molecule has 5 unspecified atom stereocenters. The molecule has 0 aliphatic heterocycles. The highest BCUT2D eigenvalue weighted by atomic mass is 16.3. The lowest BCUT2D eigenvalue weighted by molar-refractivity contribution is -0.124. The molecule has 0 saturated heterocycles. The molecule has 0 heterocycles. The van der Waals surface area contributed by atoms with Gasteiger partial charge in [0.1, 0.15) is 0 Å². The summed E-state index contributed by atoms with van der Waals surface area (Å²) in [4.78, 5) is 12.2. The van der Waals surface area contributed by atoms with E-state index in [2.05, 4.69) is 19.2 Å². The minimum atomic E-state index is -0.771. The summed E-state index contributed by atoms with van der Waals surface area (Å²) in [7, 11) is 0. The van der Waals surface area contributed by atoms with Crippen molar-refractivity contribution in [2.75, 3.05) is 6.54 Å². The van der Waals surface area contributed by atoms with Crippen LogP contribution in [0, 0.1) is 35.5 Å². The van der Waals surface area contributed by atoms with Crippen molar-refractivity contribution in [3.63, 3.8) is 0 Å². The Morgan fingerprint density at radius 3 is 2.42 bits per heavy atom. The molecular formula is C16H27NO2. The highest BCUT2D eigenvalue weighted by Gasteiger charge is 2.67. The summed E-state index contributed by atoms with van der Waals surface area (Å²) in [6, 6.07) is 0. The maximum atomic E-state index is 12.2. The van der Waals surface area contributed by atoms with Gasteiger partial charge in [-0.2, -0.15) is 0 Å². The van der Waals surface area contributed by atoms with E-state index < -0.39 is 5.60 Å². The third kappa shape index (κ3) is 2.42. The van der Waals surface area contributed by atoms with Crippen LogP contribution in [-0.2, 0) is 4.79 Å². The predicted molar refractivity (Wildman–Crippen MR) is 74.4 cm³/mol. The lowest BCUT2D eigenvalue weighted by Gasteiger charge is -2.25. The standard InChI is InChI=1S/C16H27NO2/c1-9(2)7-16(3,19)8-17-15(18)14-12-10-4-5-11(6-10)13(12)14/h9-14,19H,4-8H2,1-3H3,(H,17,18). The van der Waals surface area contributed by atoms with Crippen molar-refractivity contribution < 1.29 is 9.90 Å². The zero-order valence-electron chi connectivity index (χ0n) is 12.4. The van der Waals surface area contributed by atoms with Crippen molar-refractivity contribution in [2.45, 2.75) is 52.1 Å². The summed E-state index contributed by atoms with van der Waals surface area (Å²) in [5.74, 6) is 3.98. The number of hydrogen-bond donors (Lipinski definition) is 2. The summed E-state index contributed by atoms with van der Waals surface area (Å²) >= 11 is 0. The number of hydrogen-bond acceptors (Lipinski definition) is 2. The third-order valence-corrected chi connectivity index (χ3v) is 5.53. The average Bonchev–Trinajstić information content (AvgIpc) is 2.73. The van der Waals surface area contributed by atoms with E-state index in [0.29, 0.717) is 24.3 Å². The van der Waals surface area contributed by atoms with E-state index in [-0.39, 0.29) is 11.8 Å². The number of carbonyl (C=O) groups excluding carboxylic acids is 1. The molecule has 0 aromatic heterocycles. The number of carbonyl (C=O) groups is 1. The van der Waals surface area contributed by atoms with Crippen molar-refractivity contribution in [3.05, 3.63) is 0 Å². The van der Waals surface area contributed by atoms with Crippen LogP contribution < -0.4 is 5.32 Å². The summed E-state index contributed by atoms with van der Waals surface area (Å²) < 4.78 is 0. The van der Waals surface area contributed by atoms with Gasteiger partial charge in [-0.05, 0) is 62.2 Å². The van der Waals surface area contributed by atoms with Gasteiger partial charge in [-0.25, -0.2) is 0 Å². The first-order chi connectivity index (χ1) is 8.89. The molecule has 3 saturated carbocycles. The van der Waals surface area contributed by atoms with E-state index in [1.54, 1.807) is 0 Å². The van der Waals surface area contributed by atoms with Gasteiger partial charge in [0.25, 0.3) is 0 Å². The molecule has 19 heavy (non-hydrogen) atoms. The minimum absolute atomic E-state index is 0.204. The SMILES string of the molecule is CC(C)CC(C)(O)CNC(=O)C1C2C3CCC(C3)C12. The first-order valence-corrected chi connectivity index (χ1v) is 7.89. The van der Waals surface area contributed by atoms with E-state index in [0.717, 1.165) is 18.3 Å². The second-order valence-corrected chi connectivity index (χ2v) is 7.83. The predicted octanol–water partition coefficient (Wildman–Crippen LogP) is 2.19. The molecule has 3 heteroatoms. The van der Waals surface area contributed by atoms with Crippen LogP contribution >= 0.6 is 0 Å². The van der Waals surface area contributed by atoms with Crippen molar-refractivity contribution in [1.29, 1.82) is 0 Å². The van der Waals surface area contributed by atoms with Gasteiger partial charge in [-0.3, -0.25) is 4.79 Å². The summed E-state index contributed by atoms with van der Waals surface area (Å²) in [5.41, 5.74) is -0.771. The third-order valence-electron chi connectivity index (χ3n) is 5.53. The van der Waals surface area contributed by atoms with Crippen molar-refractivity contribution in [2.24, 2.45) is 35.5 Å². The molecule has 3 aliphatic rings. The number of nitrogens with one attached hydrogen (secondary N) is 1. The van der Waals surface area contributed by atoms with Gasteiger partial charge >= 0.3 is 0 Å². The lowest BCUT2D eigenvalue weighted by Crippen LogP contribution is -2.42. The molecule has 2 bridgehead atoms. The van der Waals surface area contributed by atoms with Gasteiger partial charge < -0.3 is 10.4 Å². The maximum absolute atomic E-state index is 12.2. The smallest absolute Gasteiger partial charge is 0.223 e. The number of amides is 1. The lowest BCUT2D eigenvalue weighted by atomic mass is 9.94. The number of fused-ring (bicyclic) bond motifs is 5. The van der Waals surface area contributed by atoms with Gasteiger partial charge in [-0.1, -0.05) is 13.8 Å². The molecule has 0 aromatic carbocycles. The Hall–Kier alpha value is -0.570. The quantitative estimate of drug-likeness (QED) is 0.800. The van der Waals surface area contributed by atoms with Crippen LogP contribution in [0.25, 0.3) is 0 Å². The van der Waals surface area contributed by atoms with Crippen LogP contribution in [0.1, 0.15) is 46.5 Å². The second-order valence-electron chi connectivity index (χ2n) is 7.83. The molecule has 0 aromatic rings. The number of aliphatic hydroxyl groups is 1. The second kappa shape index (κ2) is 4.47. The Morgan fingerprint density at radius 1 is 1.32 bits per heavy atom. The van der Waals surface area contributed by atoms with Crippen LogP contribution in [-0.4, -0.2) is 23.2 Å². The Labute approximate surface area is 116 Å². The van der Waals surface area contributed by atoms with Crippen LogP contribution in [0.4, 0.5) is 0 Å². The summed E-state index contributed by atoms with van der Waals surface area (Å²) in [5, 5.41) is 13.2. The molecule has 1 amide bonds. The zero-order chi connectivity index (χ0) is 13.8. The highest BCUT2D eigenvalue weighted by Crippen LogP contribution is 2.69. The van der Waals surface area contributed by atoms with Crippen LogP contribution in [0.2, 0.25) is 0 Å². The van der Waals surface area contributed by atoms with Crippen LogP contribution in [0.15, 0.2) is 0 Å². The van der Waals surface area contributed by atoms with E-state index in [1.807, 2.05) is 6.92 Å². The van der Waals surface area contributed by atoms with Gasteiger partial charge in [0, 0.05) is 12.5 Å². The molecular weight excluding hydrogens is 238 g/mol. The first-order valence-electron chi connectivity index (χ1n) is 7.89. The molecule has 3 fully saturated rings. The van der Waals surface area contributed by atoms with E-state index in [1.165, 1.54) is 19.3 Å². The molecule has 108 valence electrons. The first kappa shape index (κ1) is 13.4. The van der Waals surface area contributed by atoms with Crippen LogP contribution in [0.5, 0.6) is 0 Å². The molecule has 3 rings (SSSR count). The average molecular weight is 265 g/mol. The van der Waals surface area contributed by atoms with Crippen molar-refractivity contribution in [1.82, 2.24) is 5.32 Å². The normalized spacial score (nSPS) is 42.1. The topological polar surface area (TPSA) is 49.3 Å². The van der Waals surface area contributed by atoms with Gasteiger partial charge in [0.15, 0.2) is 0 Å². The largest absolute Gasteiger partial charge is 0.388 e. The minimum Gasteiger partial charge on any atom is -0.388 e. The zero-order valence-corrected chi connectivity index (χ0v) is 12.4. The van der Waals surface area contributed by atoms with Gasteiger partial charge in [0.05, 0.1) is 5.60 Å². The maximum Gasteiger partial charge on any atom is 0.223 e. The molecule has 0 spiro atoms. The van der Waals surface area contributed by atoms with Gasteiger partial charge in [-0.15, -0.1) is 0 Å². The Kier molecular flexibility index (Phi) is 3.16. The molecule has 3 nitrogen and oxygen atoms in total. The highest BCUT2D eigenvalue weighted by molar-refractivity contribution is 5.82.